The molecule has 2 aliphatic carbocycles. The van der Waals surface area contributed by atoms with E-state index < -0.39 is 5.41 Å². The van der Waals surface area contributed by atoms with Gasteiger partial charge in [0.25, 0.3) is 0 Å². The van der Waals surface area contributed by atoms with Crippen LogP contribution in [0.2, 0.25) is 0 Å². The molecule has 1 heterocycles. The number of para-hydroxylation sites is 1. The first-order valence-electron chi connectivity index (χ1n) is 19.8. The first-order chi connectivity index (χ1) is 28.3. The number of nitrogens with zero attached hydrogens (tertiary/aromatic N) is 1. The molecule has 0 fully saturated rings. The van der Waals surface area contributed by atoms with Gasteiger partial charge in [-0.1, -0.05) is 158 Å². The van der Waals surface area contributed by atoms with Crippen LogP contribution in [0, 0.1) is 0 Å². The largest absolute Gasteiger partial charge is 0.456 e. The highest BCUT2D eigenvalue weighted by Crippen LogP contribution is 2.65. The molecule has 264 valence electrons. The number of hydrogen-bond donors (Lipinski definition) is 0. The Morgan fingerprint density at radius 3 is 1.39 bits per heavy atom. The predicted molar refractivity (Wildman–Crippen MR) is 237 cm³/mol. The fraction of sp³-hybridized carbons (Fsp3) is 0.0182. The molecule has 0 amide bonds. The van der Waals surface area contributed by atoms with Gasteiger partial charge < -0.3 is 9.32 Å². The fourth-order valence-electron chi connectivity index (χ4n) is 10.6. The standard InChI is InChI=1S/C55H33NO/c1-2-16-38-36(14-1)37-15-3-4-17-39(37)47-32-34(28-30-40(38)47)56(35-29-31-45-44-21-8-12-27-52(44)57-53(45)33-35)51-26-13-22-46-43-20-7-11-25-50(43)55(54(46)51)48-23-9-5-18-41(48)42-19-6-10-24-49(42)55/h1-33H. The summed E-state index contributed by atoms with van der Waals surface area (Å²) in [5.41, 5.74) is 15.0. The van der Waals surface area contributed by atoms with Gasteiger partial charge in [0, 0.05) is 33.8 Å². The van der Waals surface area contributed by atoms with Gasteiger partial charge in [0.15, 0.2) is 0 Å². The van der Waals surface area contributed by atoms with Gasteiger partial charge in [-0.05, 0) is 108 Å². The summed E-state index contributed by atoms with van der Waals surface area (Å²) in [7, 11) is 0. The van der Waals surface area contributed by atoms with Gasteiger partial charge in [-0.25, -0.2) is 0 Å². The Balaban J connectivity index is 1.16. The van der Waals surface area contributed by atoms with Gasteiger partial charge in [-0.3, -0.25) is 0 Å². The molecule has 0 saturated heterocycles. The smallest absolute Gasteiger partial charge is 0.137 e. The van der Waals surface area contributed by atoms with Gasteiger partial charge >= 0.3 is 0 Å². The van der Waals surface area contributed by atoms with Crippen LogP contribution in [0.25, 0.3) is 76.5 Å². The molecule has 2 aliphatic rings. The van der Waals surface area contributed by atoms with E-state index >= 15 is 0 Å². The van der Waals surface area contributed by atoms with Crippen molar-refractivity contribution in [2.75, 3.05) is 4.90 Å². The zero-order chi connectivity index (χ0) is 37.2. The minimum Gasteiger partial charge on any atom is -0.456 e. The summed E-state index contributed by atoms with van der Waals surface area (Å²) in [5, 5.41) is 9.79. The molecule has 0 bridgehead atoms. The molecular formula is C55H33NO. The summed E-state index contributed by atoms with van der Waals surface area (Å²) in [4.78, 5) is 2.49. The zero-order valence-corrected chi connectivity index (χ0v) is 30.9. The lowest BCUT2D eigenvalue weighted by atomic mass is 9.70. The number of hydrogen-bond acceptors (Lipinski definition) is 2. The Labute approximate surface area is 329 Å². The molecular weight excluding hydrogens is 691 g/mol. The molecule has 0 radical (unpaired) electrons. The molecule has 1 spiro atoms. The van der Waals surface area contributed by atoms with Crippen LogP contribution < -0.4 is 4.90 Å². The molecule has 2 nitrogen and oxygen atoms in total. The van der Waals surface area contributed by atoms with Crippen molar-refractivity contribution >= 4 is 71.3 Å². The molecule has 13 rings (SSSR count). The number of anilines is 3. The maximum absolute atomic E-state index is 6.59. The SMILES string of the molecule is c1ccc2c(c1)-c1ccccc1C21c2ccccc2-c2cccc(N(c3ccc4c(c3)oc3ccccc34)c3ccc4c5ccccc5c5ccccc5c4c3)c21. The average Bonchev–Trinajstić information content (AvgIpc) is 3.91. The van der Waals surface area contributed by atoms with Crippen molar-refractivity contribution in [1.82, 2.24) is 0 Å². The van der Waals surface area contributed by atoms with Crippen molar-refractivity contribution in [3.05, 3.63) is 222 Å². The quantitative estimate of drug-likeness (QED) is 0.169. The topological polar surface area (TPSA) is 16.4 Å². The number of rotatable bonds is 3. The van der Waals surface area contributed by atoms with Gasteiger partial charge in [0.1, 0.15) is 11.2 Å². The maximum Gasteiger partial charge on any atom is 0.137 e. The van der Waals surface area contributed by atoms with E-state index in [1.165, 1.54) is 76.8 Å². The molecule has 1 aromatic heterocycles. The van der Waals surface area contributed by atoms with Crippen LogP contribution in [-0.2, 0) is 5.41 Å². The molecule has 0 N–H and O–H groups in total. The highest BCUT2D eigenvalue weighted by atomic mass is 16.3. The Morgan fingerprint density at radius 2 is 0.754 bits per heavy atom. The average molecular weight is 724 g/mol. The Morgan fingerprint density at radius 1 is 0.316 bits per heavy atom. The molecule has 57 heavy (non-hydrogen) atoms. The normalized spacial score (nSPS) is 13.4. The van der Waals surface area contributed by atoms with Gasteiger partial charge in [0.2, 0.25) is 0 Å². The van der Waals surface area contributed by atoms with E-state index in [0.717, 1.165) is 39.0 Å². The molecule has 2 heteroatoms. The van der Waals surface area contributed by atoms with Gasteiger partial charge in [-0.2, -0.15) is 0 Å². The lowest BCUT2D eigenvalue weighted by Crippen LogP contribution is -2.28. The summed E-state index contributed by atoms with van der Waals surface area (Å²) < 4.78 is 6.59. The fourth-order valence-corrected chi connectivity index (χ4v) is 10.6. The van der Waals surface area contributed by atoms with Crippen molar-refractivity contribution in [2.24, 2.45) is 0 Å². The van der Waals surface area contributed by atoms with Crippen LogP contribution in [0.3, 0.4) is 0 Å². The number of fused-ring (bicyclic) bond motifs is 19. The second kappa shape index (κ2) is 11.3. The third-order valence-corrected chi connectivity index (χ3v) is 12.8. The number of benzene rings is 10. The van der Waals surface area contributed by atoms with E-state index in [9.17, 15) is 0 Å². The van der Waals surface area contributed by atoms with Crippen LogP contribution >= 0.6 is 0 Å². The van der Waals surface area contributed by atoms with Crippen molar-refractivity contribution in [3.63, 3.8) is 0 Å². The minimum atomic E-state index is -0.517. The summed E-state index contributed by atoms with van der Waals surface area (Å²) >= 11 is 0. The Hall–Kier alpha value is -7.42. The summed E-state index contributed by atoms with van der Waals surface area (Å²) in [5.74, 6) is 0. The molecule has 0 unspecified atom stereocenters. The van der Waals surface area contributed by atoms with E-state index in [0.29, 0.717) is 0 Å². The number of furan rings is 1. The summed E-state index contributed by atoms with van der Waals surface area (Å²) in [6.07, 6.45) is 0. The monoisotopic (exact) mass is 723 g/mol. The van der Waals surface area contributed by atoms with Gasteiger partial charge in [0.05, 0.1) is 11.1 Å². The molecule has 0 atom stereocenters. The van der Waals surface area contributed by atoms with E-state index in [4.69, 9.17) is 4.42 Å². The second-order valence-electron chi connectivity index (χ2n) is 15.5. The minimum absolute atomic E-state index is 0.517. The summed E-state index contributed by atoms with van der Waals surface area (Å²) in [6, 6.07) is 73.9. The Kier molecular flexibility index (Phi) is 6.13. The van der Waals surface area contributed by atoms with Crippen molar-refractivity contribution in [2.45, 2.75) is 5.41 Å². The second-order valence-corrected chi connectivity index (χ2v) is 15.5. The first-order valence-corrected chi connectivity index (χ1v) is 19.8. The Bertz CT molecular complexity index is 3400. The van der Waals surface area contributed by atoms with Gasteiger partial charge in [-0.15, -0.1) is 0 Å². The lowest BCUT2D eigenvalue weighted by Gasteiger charge is -2.36. The van der Waals surface area contributed by atoms with Crippen molar-refractivity contribution < 1.29 is 4.42 Å². The van der Waals surface area contributed by atoms with Crippen LogP contribution in [-0.4, -0.2) is 0 Å². The molecule has 11 aromatic rings. The third-order valence-electron chi connectivity index (χ3n) is 12.8. The lowest BCUT2D eigenvalue weighted by molar-refractivity contribution is 0.669. The molecule has 0 saturated carbocycles. The van der Waals surface area contributed by atoms with Crippen LogP contribution in [0.4, 0.5) is 17.1 Å². The first kappa shape index (κ1) is 30.9. The predicted octanol–water partition coefficient (Wildman–Crippen LogP) is 14.9. The van der Waals surface area contributed by atoms with E-state index in [1.54, 1.807) is 0 Å². The van der Waals surface area contributed by atoms with Crippen LogP contribution in [0.1, 0.15) is 22.3 Å². The maximum atomic E-state index is 6.59. The van der Waals surface area contributed by atoms with E-state index in [2.05, 4.69) is 199 Å². The van der Waals surface area contributed by atoms with Crippen LogP contribution in [0.5, 0.6) is 0 Å². The van der Waals surface area contributed by atoms with Crippen LogP contribution in [0.15, 0.2) is 205 Å². The van der Waals surface area contributed by atoms with E-state index in [-0.39, 0.29) is 0 Å². The third kappa shape index (κ3) is 3.99. The highest BCUT2D eigenvalue weighted by Gasteiger charge is 2.53. The zero-order valence-electron chi connectivity index (χ0n) is 30.9. The van der Waals surface area contributed by atoms with E-state index in [1.807, 2.05) is 6.07 Å². The highest BCUT2D eigenvalue weighted by molar-refractivity contribution is 6.26. The molecule has 10 aromatic carbocycles. The van der Waals surface area contributed by atoms with Crippen molar-refractivity contribution in [3.8, 4) is 22.3 Å². The summed E-state index contributed by atoms with van der Waals surface area (Å²) in [6.45, 7) is 0. The molecule has 0 aliphatic heterocycles. The van der Waals surface area contributed by atoms with Crippen molar-refractivity contribution in [1.29, 1.82) is 0 Å².